The number of carbonyl (C=O) groups excluding carboxylic acids is 1. The van der Waals surface area contributed by atoms with Crippen molar-refractivity contribution in [3.05, 3.63) is 68.4 Å². The lowest BCUT2D eigenvalue weighted by Gasteiger charge is -2.12. The van der Waals surface area contributed by atoms with Gasteiger partial charge in [0, 0.05) is 48.4 Å². The molecule has 8 heteroatoms. The molecule has 0 bridgehead atoms. The summed E-state index contributed by atoms with van der Waals surface area (Å²) in [6, 6.07) is 7.48. The van der Waals surface area contributed by atoms with Crippen LogP contribution in [0.25, 0.3) is 10.9 Å². The number of benzene rings is 1. The van der Waals surface area contributed by atoms with E-state index in [1.54, 1.807) is 23.2 Å². The smallest absolute Gasteiger partial charge is 0.269 e. The van der Waals surface area contributed by atoms with Crippen LogP contribution in [-0.4, -0.2) is 34.8 Å². The summed E-state index contributed by atoms with van der Waals surface area (Å²) < 4.78 is 1.27. The summed E-state index contributed by atoms with van der Waals surface area (Å²) in [5.41, 5.74) is 6.78. The van der Waals surface area contributed by atoms with Crippen LogP contribution < -0.4 is 21.6 Å². The van der Waals surface area contributed by atoms with Gasteiger partial charge in [0.1, 0.15) is 0 Å². The number of nitrogens with zero attached hydrogens (tertiary/aromatic N) is 3. The lowest BCUT2D eigenvalue weighted by molar-refractivity contribution is 0.100. The Balaban J connectivity index is 2.00. The van der Waals surface area contributed by atoms with Crippen molar-refractivity contribution in [1.29, 1.82) is 0 Å². The van der Waals surface area contributed by atoms with Crippen molar-refractivity contribution in [2.45, 2.75) is 6.54 Å². The van der Waals surface area contributed by atoms with Crippen LogP contribution >= 0.6 is 0 Å². The Labute approximate surface area is 142 Å². The number of amides is 1. The number of rotatable bonds is 4. The number of carbonyl (C=O) groups is 1. The van der Waals surface area contributed by atoms with E-state index < -0.39 is 5.91 Å². The van der Waals surface area contributed by atoms with Crippen LogP contribution in [0.3, 0.4) is 0 Å². The summed E-state index contributed by atoms with van der Waals surface area (Å²) in [5, 5.41) is 4.49. The molecule has 0 aliphatic carbocycles. The van der Waals surface area contributed by atoms with Crippen LogP contribution in [0.15, 0.2) is 46.1 Å². The van der Waals surface area contributed by atoms with Crippen LogP contribution in [0, 0.1) is 0 Å². The zero-order valence-corrected chi connectivity index (χ0v) is 13.8. The number of anilines is 1. The summed E-state index contributed by atoms with van der Waals surface area (Å²) in [4.78, 5) is 40.6. The van der Waals surface area contributed by atoms with Crippen LogP contribution in [-0.2, 0) is 6.54 Å². The molecule has 3 N–H and O–H groups in total. The first kappa shape index (κ1) is 16.4. The molecule has 0 fully saturated rings. The van der Waals surface area contributed by atoms with E-state index in [4.69, 9.17) is 5.73 Å². The molecule has 0 spiro atoms. The Kier molecular flexibility index (Phi) is 4.10. The number of hydrogen-bond donors (Lipinski definition) is 2. The number of nitrogens with two attached hydrogens (primary N) is 1. The minimum Gasteiger partial charge on any atom is -0.376 e. The molecule has 3 rings (SSSR count). The number of nitrogens with one attached hydrogen (secondary N) is 1. The Morgan fingerprint density at radius 2 is 2.00 bits per heavy atom. The zero-order valence-electron chi connectivity index (χ0n) is 13.8. The molecule has 0 aliphatic rings. The molecule has 0 atom stereocenters. The fourth-order valence-electron chi connectivity index (χ4n) is 2.49. The molecular formula is C17H17N5O3. The van der Waals surface area contributed by atoms with E-state index in [-0.39, 0.29) is 23.1 Å². The van der Waals surface area contributed by atoms with E-state index in [1.807, 2.05) is 14.1 Å². The van der Waals surface area contributed by atoms with Crippen molar-refractivity contribution < 1.29 is 4.79 Å². The molecular weight excluding hydrogens is 322 g/mol. The molecule has 8 nitrogen and oxygen atoms in total. The highest BCUT2D eigenvalue weighted by molar-refractivity contribution is 5.96. The van der Waals surface area contributed by atoms with E-state index in [0.29, 0.717) is 22.3 Å². The largest absolute Gasteiger partial charge is 0.376 e. The summed E-state index contributed by atoms with van der Waals surface area (Å²) in [6.07, 6.45) is 1.58. The standard InChI is InChI=1S/C17H17N5O3/c1-21(2)12-7-16(24)22(19-8-12)9-11-6-15(23)13-5-10(17(18)25)3-4-14(13)20-11/h3-8H,9H2,1-2H3,(H2,18,25)(H,20,23). The molecule has 0 aliphatic heterocycles. The predicted molar refractivity (Wildman–Crippen MR) is 95.0 cm³/mol. The molecule has 0 radical (unpaired) electrons. The van der Waals surface area contributed by atoms with Crippen molar-refractivity contribution in [1.82, 2.24) is 14.8 Å². The summed E-state index contributed by atoms with van der Waals surface area (Å²) >= 11 is 0. The van der Waals surface area contributed by atoms with Gasteiger partial charge in [-0.1, -0.05) is 0 Å². The van der Waals surface area contributed by atoms with E-state index in [2.05, 4.69) is 10.1 Å². The van der Waals surface area contributed by atoms with Crippen molar-refractivity contribution in [3.8, 4) is 0 Å². The minimum absolute atomic E-state index is 0.134. The number of aromatic nitrogens is 3. The third-order valence-electron chi connectivity index (χ3n) is 3.86. The normalized spacial score (nSPS) is 10.8. The Bertz CT molecular complexity index is 1080. The molecule has 0 unspecified atom stereocenters. The van der Waals surface area contributed by atoms with Gasteiger partial charge in [0.2, 0.25) is 5.91 Å². The Morgan fingerprint density at radius 1 is 1.24 bits per heavy atom. The number of hydrogen-bond acceptors (Lipinski definition) is 5. The minimum atomic E-state index is -0.595. The SMILES string of the molecule is CN(C)c1cnn(Cc2cc(=O)c3cc(C(N)=O)ccc3[nH]2)c(=O)c1. The fraction of sp³-hybridized carbons (Fsp3) is 0.176. The predicted octanol–water partition coefficient (Wildman–Crippen LogP) is 0.298. The maximum Gasteiger partial charge on any atom is 0.269 e. The number of pyridine rings is 1. The second-order valence-electron chi connectivity index (χ2n) is 5.89. The third-order valence-corrected chi connectivity index (χ3v) is 3.86. The van der Waals surface area contributed by atoms with Gasteiger partial charge in [-0.05, 0) is 18.2 Å². The van der Waals surface area contributed by atoms with E-state index >= 15 is 0 Å². The average molecular weight is 339 g/mol. The van der Waals surface area contributed by atoms with Gasteiger partial charge in [-0.15, -0.1) is 0 Å². The highest BCUT2D eigenvalue weighted by Crippen LogP contribution is 2.12. The van der Waals surface area contributed by atoms with E-state index in [9.17, 15) is 14.4 Å². The average Bonchev–Trinajstić information content (AvgIpc) is 2.56. The van der Waals surface area contributed by atoms with Crippen molar-refractivity contribution >= 4 is 22.5 Å². The third kappa shape index (κ3) is 3.27. The molecule has 2 aromatic heterocycles. The van der Waals surface area contributed by atoms with Gasteiger partial charge >= 0.3 is 0 Å². The maximum absolute atomic E-state index is 12.3. The molecule has 1 aromatic carbocycles. The van der Waals surface area contributed by atoms with Crippen molar-refractivity contribution in [2.75, 3.05) is 19.0 Å². The van der Waals surface area contributed by atoms with Gasteiger partial charge in [-0.25, -0.2) is 4.68 Å². The number of aromatic amines is 1. The second kappa shape index (κ2) is 6.23. The molecule has 0 saturated heterocycles. The molecule has 2 heterocycles. The van der Waals surface area contributed by atoms with Crippen LogP contribution in [0.2, 0.25) is 0 Å². The Hall–Kier alpha value is -3.42. The van der Waals surface area contributed by atoms with E-state index in [0.717, 1.165) is 0 Å². The lowest BCUT2D eigenvalue weighted by Crippen LogP contribution is -2.25. The van der Waals surface area contributed by atoms with Gasteiger partial charge in [-0.2, -0.15) is 5.10 Å². The summed E-state index contributed by atoms with van der Waals surface area (Å²) in [7, 11) is 3.64. The first-order valence-electron chi connectivity index (χ1n) is 7.55. The highest BCUT2D eigenvalue weighted by Gasteiger charge is 2.08. The molecule has 3 aromatic rings. The summed E-state index contributed by atoms with van der Waals surface area (Å²) in [5.74, 6) is -0.595. The zero-order chi connectivity index (χ0) is 18.1. The molecule has 1 amide bonds. The molecule has 128 valence electrons. The molecule has 0 saturated carbocycles. The van der Waals surface area contributed by atoms with Gasteiger partial charge in [0.05, 0.1) is 18.4 Å². The fourth-order valence-corrected chi connectivity index (χ4v) is 2.49. The first-order chi connectivity index (χ1) is 11.8. The van der Waals surface area contributed by atoms with Gasteiger partial charge in [0.25, 0.3) is 5.56 Å². The first-order valence-corrected chi connectivity index (χ1v) is 7.55. The number of primary amides is 1. The van der Waals surface area contributed by atoms with Gasteiger partial charge < -0.3 is 15.6 Å². The van der Waals surface area contributed by atoms with Crippen LogP contribution in [0.4, 0.5) is 5.69 Å². The lowest BCUT2D eigenvalue weighted by atomic mass is 10.1. The monoisotopic (exact) mass is 339 g/mol. The number of fused-ring (bicyclic) bond motifs is 1. The van der Waals surface area contributed by atoms with Crippen molar-refractivity contribution in [3.63, 3.8) is 0 Å². The van der Waals surface area contributed by atoms with E-state index in [1.165, 1.54) is 22.9 Å². The highest BCUT2D eigenvalue weighted by atomic mass is 16.1. The summed E-state index contributed by atoms with van der Waals surface area (Å²) in [6.45, 7) is 0.134. The maximum atomic E-state index is 12.3. The topological polar surface area (TPSA) is 114 Å². The molecule has 25 heavy (non-hydrogen) atoms. The quantitative estimate of drug-likeness (QED) is 0.709. The van der Waals surface area contributed by atoms with Gasteiger partial charge in [0.15, 0.2) is 5.43 Å². The van der Waals surface area contributed by atoms with Gasteiger partial charge in [-0.3, -0.25) is 14.4 Å². The Morgan fingerprint density at radius 3 is 2.64 bits per heavy atom. The second-order valence-corrected chi connectivity index (χ2v) is 5.89. The number of H-pyrrole nitrogens is 1. The van der Waals surface area contributed by atoms with Crippen LogP contribution in [0.1, 0.15) is 16.1 Å². The van der Waals surface area contributed by atoms with Crippen LogP contribution in [0.5, 0.6) is 0 Å². The van der Waals surface area contributed by atoms with Crippen molar-refractivity contribution in [2.24, 2.45) is 5.73 Å².